The third kappa shape index (κ3) is 4.21. The smallest absolute Gasteiger partial charge is 0.255 e. The first-order valence-corrected chi connectivity index (χ1v) is 10.7. The van der Waals surface area contributed by atoms with Crippen molar-refractivity contribution in [2.75, 3.05) is 19.6 Å². The molecule has 0 saturated carbocycles. The van der Waals surface area contributed by atoms with Gasteiger partial charge in [0.2, 0.25) is 11.8 Å². The summed E-state index contributed by atoms with van der Waals surface area (Å²) in [6.45, 7) is 6.64. The topological polar surface area (TPSA) is 90.5 Å². The molecule has 156 valence electrons. The Labute approximate surface area is 171 Å². The van der Waals surface area contributed by atoms with E-state index >= 15 is 0 Å². The van der Waals surface area contributed by atoms with Crippen LogP contribution in [0.3, 0.4) is 0 Å². The molecule has 3 aliphatic rings. The van der Waals surface area contributed by atoms with Crippen LogP contribution < -0.4 is 16.0 Å². The summed E-state index contributed by atoms with van der Waals surface area (Å²) in [6, 6.07) is 5.25. The molecular formula is C22H30N4O3. The van der Waals surface area contributed by atoms with E-state index < -0.39 is 6.04 Å². The van der Waals surface area contributed by atoms with Crippen molar-refractivity contribution in [3.05, 3.63) is 34.9 Å². The Hall–Kier alpha value is -2.25. The van der Waals surface area contributed by atoms with Crippen molar-refractivity contribution in [1.29, 1.82) is 0 Å². The number of amides is 3. The molecule has 2 fully saturated rings. The lowest BCUT2D eigenvalue weighted by Gasteiger charge is -2.29. The number of hydrogen-bond donors (Lipinski definition) is 3. The van der Waals surface area contributed by atoms with Gasteiger partial charge >= 0.3 is 0 Å². The van der Waals surface area contributed by atoms with Gasteiger partial charge in [0.1, 0.15) is 6.04 Å². The number of imide groups is 1. The summed E-state index contributed by atoms with van der Waals surface area (Å²) < 4.78 is 0. The van der Waals surface area contributed by atoms with E-state index in [4.69, 9.17) is 0 Å². The van der Waals surface area contributed by atoms with Crippen molar-refractivity contribution in [1.82, 2.24) is 20.9 Å². The number of rotatable bonds is 6. The Morgan fingerprint density at radius 2 is 1.97 bits per heavy atom. The highest BCUT2D eigenvalue weighted by Gasteiger charge is 2.39. The van der Waals surface area contributed by atoms with Crippen LogP contribution in [-0.4, -0.2) is 48.3 Å². The molecule has 7 nitrogen and oxygen atoms in total. The minimum atomic E-state index is -0.562. The van der Waals surface area contributed by atoms with Gasteiger partial charge in [0, 0.05) is 25.1 Å². The summed E-state index contributed by atoms with van der Waals surface area (Å²) in [4.78, 5) is 38.2. The van der Waals surface area contributed by atoms with Gasteiger partial charge in [-0.2, -0.15) is 0 Å². The fraction of sp³-hybridized carbons (Fsp3) is 0.591. The summed E-state index contributed by atoms with van der Waals surface area (Å²) in [5, 5.41) is 9.35. The molecule has 3 N–H and O–H groups in total. The maximum Gasteiger partial charge on any atom is 0.255 e. The van der Waals surface area contributed by atoms with E-state index in [-0.39, 0.29) is 24.1 Å². The zero-order valence-corrected chi connectivity index (χ0v) is 17.0. The van der Waals surface area contributed by atoms with Gasteiger partial charge in [-0.3, -0.25) is 19.7 Å². The van der Waals surface area contributed by atoms with Crippen LogP contribution >= 0.6 is 0 Å². The first-order valence-electron chi connectivity index (χ1n) is 10.7. The van der Waals surface area contributed by atoms with Crippen molar-refractivity contribution in [2.45, 2.75) is 51.7 Å². The van der Waals surface area contributed by atoms with Gasteiger partial charge in [-0.15, -0.1) is 0 Å². The van der Waals surface area contributed by atoms with Crippen LogP contribution in [0.15, 0.2) is 18.2 Å². The highest BCUT2D eigenvalue weighted by atomic mass is 16.2. The van der Waals surface area contributed by atoms with E-state index in [2.05, 4.69) is 28.9 Å². The second kappa shape index (κ2) is 8.63. The standard InChI is InChI=1S/C22H30N4O3/c1-14(15-7-9-23-10-8-15)11-24-12-16-3-2-4-17-18(16)13-26(22(17)29)19-5-6-20(27)25-21(19)28/h2-4,14-15,19,23-24H,5-13H2,1H3,(H,25,27,28). The average molecular weight is 399 g/mol. The van der Waals surface area contributed by atoms with E-state index in [0.717, 1.165) is 43.2 Å². The van der Waals surface area contributed by atoms with Crippen LogP contribution in [0.5, 0.6) is 0 Å². The molecule has 0 aromatic heterocycles. The number of hydrogen-bond acceptors (Lipinski definition) is 5. The third-order valence-electron chi connectivity index (χ3n) is 6.65. The van der Waals surface area contributed by atoms with E-state index in [9.17, 15) is 14.4 Å². The summed E-state index contributed by atoms with van der Waals surface area (Å²) in [5.41, 5.74) is 2.80. The molecule has 1 aromatic carbocycles. The van der Waals surface area contributed by atoms with E-state index in [1.54, 1.807) is 4.90 Å². The van der Waals surface area contributed by atoms with Gasteiger partial charge in [0.05, 0.1) is 0 Å². The molecule has 2 unspecified atom stereocenters. The summed E-state index contributed by atoms with van der Waals surface area (Å²) in [6.07, 6.45) is 3.14. The van der Waals surface area contributed by atoms with Crippen molar-refractivity contribution < 1.29 is 14.4 Å². The lowest BCUT2D eigenvalue weighted by atomic mass is 9.86. The number of piperidine rings is 2. The molecule has 2 saturated heterocycles. The van der Waals surface area contributed by atoms with E-state index in [1.165, 1.54) is 12.8 Å². The molecule has 7 heteroatoms. The summed E-state index contributed by atoms with van der Waals surface area (Å²) >= 11 is 0. The lowest BCUT2D eigenvalue weighted by molar-refractivity contribution is -0.136. The van der Waals surface area contributed by atoms with Crippen LogP contribution in [0, 0.1) is 11.8 Å². The quantitative estimate of drug-likeness (QED) is 0.626. The molecular weight excluding hydrogens is 368 g/mol. The number of carbonyl (C=O) groups is 3. The predicted octanol–water partition coefficient (Wildman–Crippen LogP) is 1.17. The molecule has 3 aliphatic heterocycles. The zero-order chi connectivity index (χ0) is 20.4. The van der Waals surface area contributed by atoms with Crippen LogP contribution in [-0.2, 0) is 22.7 Å². The Balaban J connectivity index is 1.39. The van der Waals surface area contributed by atoms with Crippen molar-refractivity contribution in [3.8, 4) is 0 Å². The molecule has 29 heavy (non-hydrogen) atoms. The predicted molar refractivity (Wildman–Crippen MR) is 109 cm³/mol. The van der Waals surface area contributed by atoms with Crippen LogP contribution in [0.2, 0.25) is 0 Å². The second-order valence-electron chi connectivity index (χ2n) is 8.54. The fourth-order valence-electron chi connectivity index (χ4n) is 4.83. The highest BCUT2D eigenvalue weighted by Crippen LogP contribution is 2.30. The maximum absolute atomic E-state index is 12.9. The monoisotopic (exact) mass is 398 g/mol. The van der Waals surface area contributed by atoms with Crippen molar-refractivity contribution >= 4 is 17.7 Å². The lowest BCUT2D eigenvalue weighted by Crippen LogP contribution is -2.52. The van der Waals surface area contributed by atoms with Crippen LogP contribution in [0.25, 0.3) is 0 Å². The maximum atomic E-state index is 12.9. The van der Waals surface area contributed by atoms with Crippen LogP contribution in [0.4, 0.5) is 0 Å². The van der Waals surface area contributed by atoms with Gasteiger partial charge in [-0.05, 0) is 67.9 Å². The number of nitrogens with one attached hydrogen (secondary N) is 3. The summed E-state index contributed by atoms with van der Waals surface area (Å²) in [7, 11) is 0. The number of nitrogens with zero attached hydrogens (tertiary/aromatic N) is 1. The molecule has 0 bridgehead atoms. The second-order valence-corrected chi connectivity index (χ2v) is 8.54. The molecule has 0 radical (unpaired) electrons. The summed E-state index contributed by atoms with van der Waals surface area (Å²) in [5.74, 6) is 0.644. The first kappa shape index (κ1) is 20.0. The minimum Gasteiger partial charge on any atom is -0.322 e. The van der Waals surface area contributed by atoms with Gasteiger partial charge in [-0.1, -0.05) is 19.1 Å². The first-order chi connectivity index (χ1) is 14.0. The number of carbonyl (C=O) groups excluding carboxylic acids is 3. The largest absolute Gasteiger partial charge is 0.322 e. The fourth-order valence-corrected chi connectivity index (χ4v) is 4.83. The third-order valence-corrected chi connectivity index (χ3v) is 6.65. The number of benzene rings is 1. The molecule has 3 heterocycles. The molecule has 3 amide bonds. The number of fused-ring (bicyclic) bond motifs is 1. The molecule has 2 atom stereocenters. The van der Waals surface area contributed by atoms with Crippen molar-refractivity contribution in [3.63, 3.8) is 0 Å². The Bertz CT molecular complexity index is 803. The SMILES string of the molecule is CC(CNCc1cccc2c1CN(C1CCC(=O)NC1=O)C2=O)C1CCNCC1. The Morgan fingerprint density at radius 1 is 1.17 bits per heavy atom. The minimum absolute atomic E-state index is 0.112. The molecule has 1 aromatic rings. The van der Waals surface area contributed by atoms with Gasteiger partial charge in [0.25, 0.3) is 5.91 Å². The molecule has 0 spiro atoms. The highest BCUT2D eigenvalue weighted by molar-refractivity contribution is 6.05. The van der Waals surface area contributed by atoms with Gasteiger partial charge in [0.15, 0.2) is 0 Å². The van der Waals surface area contributed by atoms with Crippen molar-refractivity contribution in [2.24, 2.45) is 11.8 Å². The molecule has 4 rings (SSSR count). The average Bonchev–Trinajstić information content (AvgIpc) is 3.06. The Morgan fingerprint density at radius 3 is 2.72 bits per heavy atom. The van der Waals surface area contributed by atoms with Crippen LogP contribution in [0.1, 0.15) is 54.1 Å². The van der Waals surface area contributed by atoms with E-state index in [0.29, 0.717) is 24.4 Å². The van der Waals surface area contributed by atoms with Gasteiger partial charge < -0.3 is 15.5 Å². The van der Waals surface area contributed by atoms with Gasteiger partial charge in [-0.25, -0.2) is 0 Å². The Kier molecular flexibility index (Phi) is 5.96. The molecule has 0 aliphatic carbocycles. The zero-order valence-electron chi connectivity index (χ0n) is 17.0. The normalized spacial score (nSPS) is 23.8. The van der Waals surface area contributed by atoms with E-state index in [1.807, 2.05) is 12.1 Å².